The van der Waals surface area contributed by atoms with Crippen LogP contribution in [0.3, 0.4) is 0 Å². The van der Waals surface area contributed by atoms with Crippen LogP contribution in [0.4, 0.5) is 5.69 Å². The first-order valence-electron chi connectivity index (χ1n) is 5.54. The monoisotopic (exact) mass is 327 g/mol. The molecule has 0 saturated heterocycles. The van der Waals surface area contributed by atoms with E-state index in [0.29, 0.717) is 16.8 Å². The number of rotatable bonds is 5. The van der Waals surface area contributed by atoms with E-state index in [9.17, 15) is 9.59 Å². The van der Waals surface area contributed by atoms with Crippen molar-refractivity contribution >= 4 is 33.4 Å². The lowest BCUT2D eigenvalue weighted by molar-refractivity contribution is -0.136. The van der Waals surface area contributed by atoms with E-state index in [2.05, 4.69) is 38.1 Å². The fourth-order valence-electron chi connectivity index (χ4n) is 1.17. The molecule has 0 atom stereocenters. The smallest absolute Gasteiger partial charge is 0.313 e. The van der Waals surface area contributed by atoms with Gasteiger partial charge in [-0.1, -0.05) is 22.5 Å². The fraction of sp³-hybridized carbons (Fsp3) is 0.250. The van der Waals surface area contributed by atoms with Crippen molar-refractivity contribution in [2.45, 2.75) is 6.92 Å². The van der Waals surface area contributed by atoms with E-state index in [1.54, 1.807) is 19.1 Å². The van der Waals surface area contributed by atoms with Crippen LogP contribution in [0.1, 0.15) is 6.92 Å². The van der Waals surface area contributed by atoms with Gasteiger partial charge in [0.25, 0.3) is 0 Å². The van der Waals surface area contributed by atoms with Gasteiger partial charge in [0.2, 0.25) is 5.88 Å². The van der Waals surface area contributed by atoms with Crippen LogP contribution in [0.5, 0.6) is 5.88 Å². The van der Waals surface area contributed by atoms with Gasteiger partial charge >= 0.3 is 11.8 Å². The Morgan fingerprint density at radius 3 is 2.84 bits per heavy atom. The number of nitrogens with one attached hydrogen (secondary N) is 2. The molecule has 1 aromatic heterocycles. The highest BCUT2D eigenvalue weighted by Gasteiger charge is 2.15. The number of pyridine rings is 1. The lowest BCUT2D eigenvalue weighted by atomic mass is 10.4. The van der Waals surface area contributed by atoms with Gasteiger partial charge in [0.15, 0.2) is 0 Å². The molecule has 0 aliphatic carbocycles. The highest BCUT2D eigenvalue weighted by atomic mass is 79.9. The van der Waals surface area contributed by atoms with E-state index in [4.69, 9.17) is 4.74 Å². The molecule has 0 aliphatic heterocycles. The molecule has 0 aliphatic rings. The standard InChI is InChI=1S/C12H14BrN3O3/c1-3-19-12-9(5-4-6-14-12)16-11(18)10(17)15-7-8(2)13/h4-6H,2-3,7H2,1H3,(H,15,17)(H,16,18). The Hall–Kier alpha value is -1.89. The number of ether oxygens (including phenoxy) is 1. The number of carbonyl (C=O) groups excluding carboxylic acids is 2. The normalized spacial score (nSPS) is 9.58. The van der Waals surface area contributed by atoms with Crippen LogP contribution in [-0.4, -0.2) is 29.9 Å². The van der Waals surface area contributed by atoms with Crippen LogP contribution in [0, 0.1) is 0 Å². The lowest BCUT2D eigenvalue weighted by Gasteiger charge is -2.09. The predicted octanol–water partition coefficient (Wildman–Crippen LogP) is 1.44. The van der Waals surface area contributed by atoms with Crippen LogP contribution < -0.4 is 15.4 Å². The zero-order chi connectivity index (χ0) is 14.3. The third-order valence-corrected chi connectivity index (χ3v) is 2.23. The molecule has 1 aromatic rings. The Balaban J connectivity index is 2.66. The summed E-state index contributed by atoms with van der Waals surface area (Å²) in [7, 11) is 0. The van der Waals surface area contributed by atoms with Gasteiger partial charge < -0.3 is 15.4 Å². The van der Waals surface area contributed by atoms with E-state index < -0.39 is 11.8 Å². The minimum absolute atomic E-state index is 0.178. The molecule has 7 heteroatoms. The largest absolute Gasteiger partial charge is 0.476 e. The molecule has 0 fully saturated rings. The fourth-order valence-corrected chi connectivity index (χ4v) is 1.31. The number of hydrogen-bond acceptors (Lipinski definition) is 4. The van der Waals surface area contributed by atoms with Crippen molar-refractivity contribution in [3.8, 4) is 5.88 Å². The van der Waals surface area contributed by atoms with E-state index in [-0.39, 0.29) is 12.4 Å². The predicted molar refractivity (Wildman–Crippen MR) is 75.1 cm³/mol. The Morgan fingerprint density at radius 2 is 2.21 bits per heavy atom. The van der Waals surface area contributed by atoms with Crippen molar-refractivity contribution in [2.24, 2.45) is 0 Å². The summed E-state index contributed by atoms with van der Waals surface area (Å²) in [5, 5.41) is 4.83. The maximum atomic E-state index is 11.6. The van der Waals surface area contributed by atoms with Gasteiger partial charge in [-0.2, -0.15) is 0 Å². The third-order valence-electron chi connectivity index (χ3n) is 1.95. The Morgan fingerprint density at radius 1 is 1.47 bits per heavy atom. The topological polar surface area (TPSA) is 80.3 Å². The lowest BCUT2D eigenvalue weighted by Crippen LogP contribution is -2.36. The maximum Gasteiger partial charge on any atom is 0.313 e. The average Bonchev–Trinajstić information content (AvgIpc) is 2.38. The second-order valence-electron chi connectivity index (χ2n) is 3.44. The van der Waals surface area contributed by atoms with Crippen molar-refractivity contribution in [2.75, 3.05) is 18.5 Å². The van der Waals surface area contributed by atoms with Crippen LogP contribution in [0.25, 0.3) is 0 Å². The van der Waals surface area contributed by atoms with Gasteiger partial charge in [-0.05, 0) is 19.1 Å². The van der Waals surface area contributed by atoms with Crippen LogP contribution >= 0.6 is 15.9 Å². The molecule has 102 valence electrons. The zero-order valence-corrected chi connectivity index (χ0v) is 12.0. The summed E-state index contributed by atoms with van der Waals surface area (Å²) in [5.41, 5.74) is 0.349. The van der Waals surface area contributed by atoms with Gasteiger partial charge in [-0.15, -0.1) is 0 Å². The number of aromatic nitrogens is 1. The zero-order valence-electron chi connectivity index (χ0n) is 10.4. The first-order valence-corrected chi connectivity index (χ1v) is 6.34. The minimum atomic E-state index is -0.789. The van der Waals surface area contributed by atoms with Crippen LogP contribution in [0.15, 0.2) is 29.4 Å². The number of anilines is 1. The average molecular weight is 328 g/mol. The van der Waals surface area contributed by atoms with Crippen molar-refractivity contribution in [1.82, 2.24) is 10.3 Å². The number of amides is 2. The van der Waals surface area contributed by atoms with Gasteiger partial charge in [0.1, 0.15) is 5.69 Å². The first-order chi connectivity index (χ1) is 9.04. The quantitative estimate of drug-likeness (QED) is 0.802. The number of carbonyl (C=O) groups is 2. The molecule has 1 rings (SSSR count). The number of halogens is 1. The van der Waals surface area contributed by atoms with E-state index in [1.165, 1.54) is 6.20 Å². The molecule has 6 nitrogen and oxygen atoms in total. The van der Waals surface area contributed by atoms with Crippen LogP contribution in [0.2, 0.25) is 0 Å². The molecule has 0 radical (unpaired) electrons. The van der Waals surface area contributed by atoms with Crippen molar-refractivity contribution in [3.63, 3.8) is 0 Å². The highest BCUT2D eigenvalue weighted by Crippen LogP contribution is 2.20. The Bertz CT molecular complexity index is 491. The van der Waals surface area contributed by atoms with Gasteiger partial charge in [-0.25, -0.2) is 4.98 Å². The van der Waals surface area contributed by atoms with Gasteiger partial charge in [0, 0.05) is 17.2 Å². The van der Waals surface area contributed by atoms with E-state index in [1.807, 2.05) is 0 Å². The SMILES string of the molecule is C=C(Br)CNC(=O)C(=O)Nc1cccnc1OCC. The Labute approximate surface area is 119 Å². The molecule has 0 spiro atoms. The number of nitrogens with zero attached hydrogens (tertiary/aromatic N) is 1. The van der Waals surface area contributed by atoms with E-state index >= 15 is 0 Å². The molecule has 19 heavy (non-hydrogen) atoms. The number of hydrogen-bond donors (Lipinski definition) is 2. The van der Waals surface area contributed by atoms with Gasteiger partial charge in [0.05, 0.1) is 6.61 Å². The Kier molecular flexibility index (Phi) is 6.01. The second-order valence-corrected chi connectivity index (χ2v) is 4.56. The molecule has 1 heterocycles. The summed E-state index contributed by atoms with van der Waals surface area (Å²) in [4.78, 5) is 27.1. The second kappa shape index (κ2) is 7.52. The highest BCUT2D eigenvalue weighted by molar-refractivity contribution is 9.11. The molecule has 0 aromatic carbocycles. The van der Waals surface area contributed by atoms with Crippen molar-refractivity contribution in [1.29, 1.82) is 0 Å². The minimum Gasteiger partial charge on any atom is -0.476 e. The summed E-state index contributed by atoms with van der Waals surface area (Å²) in [5.74, 6) is -1.27. The maximum absolute atomic E-state index is 11.6. The molecule has 0 unspecified atom stereocenters. The summed E-state index contributed by atoms with van der Waals surface area (Å²) < 4.78 is 5.81. The summed E-state index contributed by atoms with van der Waals surface area (Å²) in [6.45, 7) is 5.94. The first kappa shape index (κ1) is 15.2. The molecular weight excluding hydrogens is 314 g/mol. The summed E-state index contributed by atoms with van der Waals surface area (Å²) in [6.07, 6.45) is 1.54. The van der Waals surface area contributed by atoms with Crippen molar-refractivity contribution < 1.29 is 14.3 Å². The van der Waals surface area contributed by atoms with Crippen molar-refractivity contribution in [3.05, 3.63) is 29.4 Å². The molecule has 0 bridgehead atoms. The van der Waals surface area contributed by atoms with E-state index in [0.717, 1.165) is 0 Å². The molecule has 2 amide bonds. The molecular formula is C12H14BrN3O3. The van der Waals surface area contributed by atoms with Crippen LogP contribution in [-0.2, 0) is 9.59 Å². The molecule has 0 saturated carbocycles. The molecule has 2 N–H and O–H groups in total. The van der Waals surface area contributed by atoms with Gasteiger partial charge in [-0.3, -0.25) is 9.59 Å². The third kappa shape index (κ3) is 5.09. The summed E-state index contributed by atoms with van der Waals surface area (Å²) >= 11 is 3.08. The summed E-state index contributed by atoms with van der Waals surface area (Å²) in [6, 6.07) is 3.24.